The summed E-state index contributed by atoms with van der Waals surface area (Å²) in [6.07, 6.45) is 0. The van der Waals surface area contributed by atoms with E-state index in [2.05, 4.69) is 57.3 Å². The van der Waals surface area contributed by atoms with Crippen LogP contribution in [0.1, 0.15) is 40.2 Å². The number of hydrogen-bond acceptors (Lipinski definition) is 4. The van der Waals surface area contributed by atoms with Gasteiger partial charge in [-0.2, -0.15) is 0 Å². The second-order valence-corrected chi connectivity index (χ2v) is 7.61. The molecular weight excluding hydrogens is 325 g/mol. The molecule has 0 aromatic heterocycles. The van der Waals surface area contributed by atoms with Crippen LogP contribution in [0.3, 0.4) is 0 Å². The maximum atomic E-state index is 6.21. The average molecular weight is 353 g/mol. The zero-order valence-electron chi connectivity index (χ0n) is 16.3. The number of nitrogens with one attached hydrogen (secondary N) is 1. The number of ether oxygens (including phenoxy) is 1. The van der Waals surface area contributed by atoms with E-state index in [1.54, 1.807) is 0 Å². The van der Waals surface area contributed by atoms with Crippen LogP contribution in [0.4, 0.5) is 5.69 Å². The van der Waals surface area contributed by atoms with E-state index < -0.39 is 0 Å². The number of benzene rings is 2. The first-order chi connectivity index (χ1) is 12.3. The minimum absolute atomic E-state index is 0.347. The first-order valence-corrected chi connectivity index (χ1v) is 9.22. The van der Waals surface area contributed by atoms with Gasteiger partial charge in [0.2, 0.25) is 0 Å². The second kappa shape index (κ2) is 7.33. The first-order valence-electron chi connectivity index (χ1n) is 9.22. The number of hydrogen-bond donors (Lipinski definition) is 1. The molecule has 1 aliphatic heterocycles. The molecule has 0 radical (unpaired) electrons. The van der Waals surface area contributed by atoms with Gasteiger partial charge < -0.3 is 19.4 Å². The van der Waals surface area contributed by atoms with Crippen molar-refractivity contribution in [3.63, 3.8) is 0 Å². The Morgan fingerprint density at radius 2 is 1.54 bits per heavy atom. The van der Waals surface area contributed by atoms with Crippen LogP contribution in [0.5, 0.6) is 5.75 Å². The summed E-state index contributed by atoms with van der Waals surface area (Å²) in [4.78, 5) is 0. The molecule has 4 nitrogen and oxygen atoms in total. The van der Waals surface area contributed by atoms with E-state index >= 15 is 0 Å². The van der Waals surface area contributed by atoms with Gasteiger partial charge in [0, 0.05) is 17.7 Å². The predicted octanol–water partition coefficient (Wildman–Crippen LogP) is 4.00. The quantitative estimate of drug-likeness (QED) is 0.797. The fourth-order valence-corrected chi connectivity index (χ4v) is 2.90. The summed E-state index contributed by atoms with van der Waals surface area (Å²) < 4.78 is 17.9. The molecule has 0 atom stereocenters. The van der Waals surface area contributed by atoms with Crippen molar-refractivity contribution in [2.75, 3.05) is 11.9 Å². The van der Waals surface area contributed by atoms with Gasteiger partial charge in [0.15, 0.2) is 0 Å². The molecule has 26 heavy (non-hydrogen) atoms. The van der Waals surface area contributed by atoms with Crippen molar-refractivity contribution in [3.05, 3.63) is 54.1 Å². The van der Waals surface area contributed by atoms with Gasteiger partial charge in [-0.1, -0.05) is 30.3 Å². The fraction of sp³-hybridized carbons (Fsp3) is 0.429. The topological polar surface area (TPSA) is 39.7 Å². The normalized spacial score (nSPS) is 18.0. The summed E-state index contributed by atoms with van der Waals surface area (Å²) in [5.74, 6) is 0.897. The van der Waals surface area contributed by atoms with Crippen molar-refractivity contribution in [2.24, 2.45) is 0 Å². The molecule has 1 N–H and O–H groups in total. The van der Waals surface area contributed by atoms with E-state index in [1.165, 1.54) is 5.56 Å². The molecule has 0 spiro atoms. The van der Waals surface area contributed by atoms with E-state index in [4.69, 9.17) is 14.0 Å². The highest BCUT2D eigenvalue weighted by atomic mass is 16.7. The van der Waals surface area contributed by atoms with E-state index in [1.807, 2.05) is 31.2 Å². The minimum atomic E-state index is -0.371. The van der Waals surface area contributed by atoms with Crippen LogP contribution in [0.15, 0.2) is 48.5 Å². The highest BCUT2D eigenvalue weighted by molar-refractivity contribution is 6.63. The van der Waals surface area contributed by atoms with Gasteiger partial charge in [-0.05, 0) is 58.4 Å². The van der Waals surface area contributed by atoms with Gasteiger partial charge >= 0.3 is 7.12 Å². The molecule has 1 fully saturated rings. The standard InChI is InChI=1S/C21H28BNO3/c1-6-24-17-13-11-16(12-14-17)15-23-19-10-8-7-9-18(19)22-25-20(2,3)21(4,5)26-22/h7-14,23H,6,15H2,1-5H3. The molecule has 1 saturated heterocycles. The van der Waals surface area contributed by atoms with Gasteiger partial charge in [-0.15, -0.1) is 0 Å². The molecule has 0 aliphatic carbocycles. The Hall–Kier alpha value is -1.98. The lowest BCUT2D eigenvalue weighted by molar-refractivity contribution is 0.00578. The lowest BCUT2D eigenvalue weighted by atomic mass is 9.78. The molecule has 0 amide bonds. The van der Waals surface area contributed by atoms with Crippen LogP contribution in [-0.2, 0) is 15.9 Å². The largest absolute Gasteiger partial charge is 0.496 e. The SMILES string of the molecule is CCOc1ccc(CNc2ccccc2B2OC(C)(C)C(C)(C)O2)cc1. The van der Waals surface area contributed by atoms with Crippen molar-refractivity contribution in [1.82, 2.24) is 0 Å². The number of para-hydroxylation sites is 1. The van der Waals surface area contributed by atoms with E-state index in [0.717, 1.165) is 23.4 Å². The lowest BCUT2D eigenvalue weighted by Gasteiger charge is -2.32. The Morgan fingerprint density at radius 3 is 2.15 bits per heavy atom. The van der Waals surface area contributed by atoms with Crippen molar-refractivity contribution < 1.29 is 14.0 Å². The van der Waals surface area contributed by atoms with Gasteiger partial charge in [-0.25, -0.2) is 0 Å². The van der Waals surface area contributed by atoms with Crippen molar-refractivity contribution in [1.29, 1.82) is 0 Å². The molecule has 2 aromatic rings. The van der Waals surface area contributed by atoms with Gasteiger partial charge in [0.1, 0.15) is 5.75 Å². The highest BCUT2D eigenvalue weighted by Crippen LogP contribution is 2.37. The number of rotatable bonds is 6. The molecule has 0 unspecified atom stereocenters. The monoisotopic (exact) mass is 353 g/mol. The van der Waals surface area contributed by atoms with Crippen molar-refractivity contribution in [3.8, 4) is 5.75 Å². The summed E-state index contributed by atoms with van der Waals surface area (Å²) in [6, 6.07) is 16.3. The maximum absolute atomic E-state index is 6.21. The van der Waals surface area contributed by atoms with Crippen LogP contribution < -0.4 is 15.5 Å². The van der Waals surface area contributed by atoms with E-state index in [9.17, 15) is 0 Å². The molecule has 1 aliphatic rings. The molecule has 0 saturated carbocycles. The third-order valence-corrected chi connectivity index (χ3v) is 5.19. The van der Waals surface area contributed by atoms with Crippen LogP contribution in [0.25, 0.3) is 0 Å². The molecule has 5 heteroatoms. The maximum Gasteiger partial charge on any atom is 0.496 e. The van der Waals surface area contributed by atoms with Crippen LogP contribution in [0, 0.1) is 0 Å². The third kappa shape index (κ3) is 3.89. The lowest BCUT2D eigenvalue weighted by Crippen LogP contribution is -2.41. The molecule has 138 valence electrons. The van der Waals surface area contributed by atoms with Gasteiger partial charge in [0.05, 0.1) is 17.8 Å². The minimum Gasteiger partial charge on any atom is -0.494 e. The second-order valence-electron chi connectivity index (χ2n) is 7.61. The average Bonchev–Trinajstić information content (AvgIpc) is 2.82. The first kappa shape index (κ1) is 18.8. The van der Waals surface area contributed by atoms with Crippen LogP contribution in [-0.4, -0.2) is 24.9 Å². The Bertz CT molecular complexity index is 727. The zero-order valence-corrected chi connectivity index (χ0v) is 16.3. The van der Waals surface area contributed by atoms with Crippen LogP contribution in [0.2, 0.25) is 0 Å². The van der Waals surface area contributed by atoms with Gasteiger partial charge in [-0.3, -0.25) is 0 Å². The highest BCUT2D eigenvalue weighted by Gasteiger charge is 2.52. The summed E-state index contributed by atoms with van der Waals surface area (Å²) >= 11 is 0. The molecule has 0 bridgehead atoms. The van der Waals surface area contributed by atoms with E-state index in [-0.39, 0.29) is 18.3 Å². The molecule has 3 rings (SSSR count). The van der Waals surface area contributed by atoms with Crippen molar-refractivity contribution in [2.45, 2.75) is 52.4 Å². The summed E-state index contributed by atoms with van der Waals surface area (Å²) in [5.41, 5.74) is 2.55. The van der Waals surface area contributed by atoms with Crippen molar-refractivity contribution >= 4 is 18.3 Å². The zero-order chi connectivity index (χ0) is 18.8. The van der Waals surface area contributed by atoms with Gasteiger partial charge in [0.25, 0.3) is 0 Å². The predicted molar refractivity (Wildman–Crippen MR) is 107 cm³/mol. The molecule has 2 aromatic carbocycles. The Balaban J connectivity index is 1.72. The molecule has 1 heterocycles. The number of anilines is 1. The smallest absolute Gasteiger partial charge is 0.494 e. The molecular formula is C21H28BNO3. The summed E-state index contributed by atoms with van der Waals surface area (Å²) in [7, 11) is -0.371. The fourth-order valence-electron chi connectivity index (χ4n) is 2.90. The summed E-state index contributed by atoms with van der Waals surface area (Å²) in [5, 5.41) is 3.51. The Labute approximate surface area is 157 Å². The van der Waals surface area contributed by atoms with E-state index in [0.29, 0.717) is 6.61 Å². The third-order valence-electron chi connectivity index (χ3n) is 5.19. The Morgan fingerprint density at radius 1 is 0.923 bits per heavy atom. The Kier molecular flexibility index (Phi) is 5.30. The summed E-state index contributed by atoms with van der Waals surface area (Å²) in [6.45, 7) is 11.7. The van der Waals surface area contributed by atoms with Crippen LogP contribution >= 0.6 is 0 Å².